The number of nitrogens with zero attached hydrogens (tertiary/aromatic N) is 1. The van der Waals surface area contributed by atoms with Gasteiger partial charge in [-0.2, -0.15) is 5.26 Å². The summed E-state index contributed by atoms with van der Waals surface area (Å²) in [6.45, 7) is 0. The molecule has 0 aliphatic rings. The number of phenols is 1. The number of aromatic carboxylic acids is 1. The number of hydrogen-bond acceptors (Lipinski definition) is 5. The lowest BCUT2D eigenvalue weighted by molar-refractivity contribution is -0.112. The number of carboxylic acids is 1. The topological polar surface area (TPSA) is 120 Å². The molecule has 0 spiro atoms. The Morgan fingerprint density at radius 1 is 1.31 bits per heavy atom. The first kappa shape index (κ1) is 19.0. The van der Waals surface area contributed by atoms with Crippen LogP contribution in [0, 0.1) is 11.3 Å². The van der Waals surface area contributed by atoms with Crippen LogP contribution in [0.25, 0.3) is 6.08 Å². The predicted molar refractivity (Wildman–Crippen MR) is 98.0 cm³/mol. The van der Waals surface area contributed by atoms with E-state index < -0.39 is 11.9 Å². The lowest BCUT2D eigenvalue weighted by atomic mass is 10.1. The third-order valence-corrected chi connectivity index (χ3v) is 3.92. The molecule has 8 heteroatoms. The van der Waals surface area contributed by atoms with E-state index in [-0.39, 0.29) is 28.3 Å². The molecule has 0 atom stereocenters. The Hall–Kier alpha value is -3.31. The van der Waals surface area contributed by atoms with Crippen molar-refractivity contribution in [2.24, 2.45) is 0 Å². The van der Waals surface area contributed by atoms with Crippen molar-refractivity contribution in [3.05, 3.63) is 57.6 Å². The molecule has 3 N–H and O–H groups in total. The number of carbonyl (C=O) groups is 2. The first-order valence-electron chi connectivity index (χ1n) is 7.18. The number of hydrogen-bond donors (Lipinski definition) is 3. The molecule has 0 radical (unpaired) electrons. The summed E-state index contributed by atoms with van der Waals surface area (Å²) in [6, 6.07) is 10.5. The van der Waals surface area contributed by atoms with E-state index >= 15 is 0 Å². The molecule has 0 bridgehead atoms. The zero-order chi connectivity index (χ0) is 19.3. The van der Waals surface area contributed by atoms with Gasteiger partial charge in [0.15, 0.2) is 11.5 Å². The number of aromatic hydroxyl groups is 1. The summed E-state index contributed by atoms with van der Waals surface area (Å²) in [5.41, 5.74) is 0.515. The molecule has 2 aromatic rings. The van der Waals surface area contributed by atoms with Gasteiger partial charge in [0.2, 0.25) is 0 Å². The molecule has 0 heterocycles. The average molecular weight is 417 g/mol. The largest absolute Gasteiger partial charge is 0.503 e. The molecule has 0 fully saturated rings. The van der Waals surface area contributed by atoms with Gasteiger partial charge in [-0.15, -0.1) is 0 Å². The van der Waals surface area contributed by atoms with Gasteiger partial charge in [0.05, 0.1) is 17.1 Å². The first-order chi connectivity index (χ1) is 12.3. The van der Waals surface area contributed by atoms with Crippen LogP contribution in [-0.4, -0.2) is 29.2 Å². The van der Waals surface area contributed by atoms with Crippen molar-refractivity contribution in [1.82, 2.24) is 0 Å². The van der Waals surface area contributed by atoms with Gasteiger partial charge >= 0.3 is 5.97 Å². The summed E-state index contributed by atoms with van der Waals surface area (Å²) in [7, 11) is 1.38. The smallest absolute Gasteiger partial charge is 0.335 e. The SMILES string of the molecule is COc1cc(/C=C(/C#N)C(=O)Nc2cccc(C(=O)O)c2)cc(Br)c1O. The number of anilines is 1. The minimum atomic E-state index is -1.13. The van der Waals surface area contributed by atoms with E-state index in [4.69, 9.17) is 9.84 Å². The van der Waals surface area contributed by atoms with Crippen LogP contribution in [0.5, 0.6) is 11.5 Å². The molecule has 132 valence electrons. The Balaban J connectivity index is 2.31. The van der Waals surface area contributed by atoms with Crippen LogP contribution in [0.3, 0.4) is 0 Å². The van der Waals surface area contributed by atoms with Gasteiger partial charge in [0.25, 0.3) is 5.91 Å². The lowest BCUT2D eigenvalue weighted by Gasteiger charge is -2.08. The number of ether oxygens (including phenoxy) is 1. The third-order valence-electron chi connectivity index (χ3n) is 3.31. The van der Waals surface area contributed by atoms with Crippen molar-refractivity contribution in [2.75, 3.05) is 12.4 Å². The minimum Gasteiger partial charge on any atom is -0.503 e. The normalized spacial score (nSPS) is 10.7. The standard InChI is InChI=1S/C18H13BrN2O5/c1-26-15-7-10(6-14(19)16(15)22)5-12(9-20)17(23)21-13-4-2-3-11(8-13)18(24)25/h2-8,22H,1H3,(H,21,23)(H,24,25)/b12-5-. The van der Waals surface area contributed by atoms with Gasteiger partial charge in [0, 0.05) is 5.69 Å². The monoisotopic (exact) mass is 416 g/mol. The highest BCUT2D eigenvalue weighted by Crippen LogP contribution is 2.35. The predicted octanol–water partition coefficient (Wildman–Crippen LogP) is 3.41. The van der Waals surface area contributed by atoms with Gasteiger partial charge in [-0.25, -0.2) is 4.79 Å². The average Bonchev–Trinajstić information content (AvgIpc) is 2.62. The highest BCUT2D eigenvalue weighted by molar-refractivity contribution is 9.10. The third kappa shape index (κ3) is 4.40. The van der Waals surface area contributed by atoms with Gasteiger partial charge in [0.1, 0.15) is 11.6 Å². The fourth-order valence-electron chi connectivity index (χ4n) is 2.08. The van der Waals surface area contributed by atoms with Gasteiger partial charge in [-0.3, -0.25) is 4.79 Å². The quantitative estimate of drug-likeness (QED) is 0.507. The summed E-state index contributed by atoms with van der Waals surface area (Å²) in [5, 5.41) is 30.5. The molecular weight excluding hydrogens is 404 g/mol. The first-order valence-corrected chi connectivity index (χ1v) is 7.98. The number of phenolic OH excluding ortho intramolecular Hbond substituents is 1. The maximum Gasteiger partial charge on any atom is 0.335 e. The molecule has 2 aromatic carbocycles. The highest BCUT2D eigenvalue weighted by atomic mass is 79.9. The minimum absolute atomic E-state index is 0.0116. The van der Waals surface area contributed by atoms with Crippen molar-refractivity contribution in [3.63, 3.8) is 0 Å². The zero-order valence-electron chi connectivity index (χ0n) is 13.5. The van der Waals surface area contributed by atoms with Crippen molar-refractivity contribution in [2.45, 2.75) is 0 Å². The summed E-state index contributed by atoms with van der Waals surface area (Å²) >= 11 is 3.16. The number of methoxy groups -OCH3 is 1. The van der Waals surface area contributed by atoms with E-state index in [1.165, 1.54) is 49.6 Å². The van der Waals surface area contributed by atoms with Crippen LogP contribution in [-0.2, 0) is 4.79 Å². The Morgan fingerprint density at radius 2 is 2.04 bits per heavy atom. The van der Waals surface area contributed by atoms with E-state index in [0.29, 0.717) is 10.0 Å². The summed E-state index contributed by atoms with van der Waals surface area (Å²) in [5.74, 6) is -1.74. The highest BCUT2D eigenvalue weighted by Gasteiger charge is 2.13. The fraction of sp³-hybridized carbons (Fsp3) is 0.0556. The molecule has 1 amide bonds. The Bertz CT molecular complexity index is 947. The number of amides is 1. The van der Waals surface area contributed by atoms with E-state index in [0.717, 1.165) is 0 Å². The maximum atomic E-state index is 12.3. The molecule has 26 heavy (non-hydrogen) atoms. The van der Waals surface area contributed by atoms with Crippen molar-refractivity contribution in [3.8, 4) is 17.6 Å². The molecule has 0 unspecified atom stereocenters. The molecule has 0 saturated carbocycles. The Labute approximate surface area is 157 Å². The number of carbonyl (C=O) groups excluding carboxylic acids is 1. The number of benzene rings is 2. The molecule has 0 aliphatic heterocycles. The maximum absolute atomic E-state index is 12.3. The Morgan fingerprint density at radius 3 is 2.65 bits per heavy atom. The molecular formula is C18H13BrN2O5. The van der Waals surface area contributed by atoms with E-state index in [1.54, 1.807) is 6.07 Å². The fourth-order valence-corrected chi connectivity index (χ4v) is 2.54. The van der Waals surface area contributed by atoms with Gasteiger partial charge in [-0.1, -0.05) is 6.07 Å². The molecule has 2 rings (SSSR count). The van der Waals surface area contributed by atoms with Crippen molar-refractivity contribution in [1.29, 1.82) is 5.26 Å². The lowest BCUT2D eigenvalue weighted by Crippen LogP contribution is -2.14. The van der Waals surface area contributed by atoms with E-state index in [2.05, 4.69) is 21.2 Å². The van der Waals surface area contributed by atoms with E-state index in [9.17, 15) is 20.0 Å². The second-order valence-corrected chi connectivity index (χ2v) is 5.92. The van der Waals surface area contributed by atoms with Crippen LogP contribution in [0.2, 0.25) is 0 Å². The zero-order valence-corrected chi connectivity index (χ0v) is 15.1. The van der Waals surface area contributed by atoms with Crippen LogP contribution >= 0.6 is 15.9 Å². The number of rotatable bonds is 5. The molecule has 0 saturated heterocycles. The molecule has 0 aromatic heterocycles. The second kappa shape index (κ2) is 8.18. The number of carboxylic acid groups (broad SMARTS) is 1. The molecule has 0 aliphatic carbocycles. The van der Waals surface area contributed by atoms with Crippen LogP contribution in [0.15, 0.2) is 46.4 Å². The van der Waals surface area contributed by atoms with E-state index in [1.807, 2.05) is 0 Å². The summed E-state index contributed by atoms with van der Waals surface area (Å²) < 4.78 is 5.37. The number of nitrogens with one attached hydrogen (secondary N) is 1. The van der Waals surface area contributed by atoms with Gasteiger partial charge in [-0.05, 0) is 57.9 Å². The van der Waals surface area contributed by atoms with Gasteiger partial charge < -0.3 is 20.3 Å². The van der Waals surface area contributed by atoms with Crippen molar-refractivity contribution < 1.29 is 24.5 Å². The number of halogens is 1. The van der Waals surface area contributed by atoms with Crippen LogP contribution in [0.4, 0.5) is 5.69 Å². The second-order valence-electron chi connectivity index (χ2n) is 5.06. The summed E-state index contributed by atoms with van der Waals surface area (Å²) in [4.78, 5) is 23.3. The van der Waals surface area contributed by atoms with Crippen LogP contribution in [0.1, 0.15) is 15.9 Å². The van der Waals surface area contributed by atoms with Crippen molar-refractivity contribution >= 4 is 39.6 Å². The molecule has 7 nitrogen and oxygen atoms in total. The Kier molecular flexibility index (Phi) is 5.98. The van der Waals surface area contributed by atoms with Crippen LogP contribution < -0.4 is 10.1 Å². The number of nitriles is 1. The summed E-state index contributed by atoms with van der Waals surface area (Å²) in [6.07, 6.45) is 1.32.